The maximum atomic E-state index is 13.1. The number of amides is 1. The second-order valence-corrected chi connectivity index (χ2v) is 6.42. The molecule has 0 fully saturated rings. The van der Waals surface area contributed by atoms with Gasteiger partial charge in [-0.15, -0.1) is 0 Å². The van der Waals surface area contributed by atoms with Gasteiger partial charge in [-0.1, -0.05) is 23.4 Å². The summed E-state index contributed by atoms with van der Waals surface area (Å²) in [4.78, 5) is 18.4. The molecule has 0 aliphatic carbocycles. The second-order valence-electron chi connectivity index (χ2n) is 6.42. The van der Waals surface area contributed by atoms with Crippen LogP contribution in [0.5, 0.6) is 11.5 Å². The molecule has 1 aliphatic rings. The number of fused-ring (bicyclic) bond motifs is 1. The minimum atomic E-state index is -4.48. The molecule has 0 radical (unpaired) electrons. The zero-order chi connectivity index (χ0) is 21.0. The molecule has 0 saturated heterocycles. The van der Waals surface area contributed by atoms with E-state index in [9.17, 15) is 18.0 Å². The smallest absolute Gasteiger partial charge is 0.416 e. The van der Waals surface area contributed by atoms with E-state index in [0.29, 0.717) is 17.2 Å². The molecular formula is C20H19F3N2O4. The topological polar surface area (TPSA) is 60.4 Å². The first-order valence-electron chi connectivity index (χ1n) is 8.71. The van der Waals surface area contributed by atoms with Crippen LogP contribution in [0.25, 0.3) is 0 Å². The number of likely N-dealkylation sites (N-methyl/N-ethyl adjacent to an activating group) is 1. The fraction of sp³-hybridized carbons (Fsp3) is 0.300. The van der Waals surface area contributed by atoms with Crippen LogP contribution in [0.2, 0.25) is 0 Å². The van der Waals surface area contributed by atoms with Gasteiger partial charge in [0.1, 0.15) is 0 Å². The van der Waals surface area contributed by atoms with E-state index in [4.69, 9.17) is 14.3 Å². The Kier molecular flexibility index (Phi) is 5.95. The highest BCUT2D eigenvalue weighted by atomic mass is 19.4. The Hall–Kier alpha value is -3.23. The van der Waals surface area contributed by atoms with Crippen molar-refractivity contribution < 1.29 is 32.3 Å². The number of hydrogen-bond donors (Lipinski definition) is 0. The van der Waals surface area contributed by atoms with E-state index in [0.717, 1.165) is 16.5 Å². The standard InChI is InChI=1S/C20H19F3N2O4/c1-13(14-7-8-17-18(9-14)28-12-27-17)24-29-11-19(26)25(2)10-15-5-3-4-6-16(15)20(21,22)23/h3-9H,10-12H2,1-2H3/b24-13+. The van der Waals surface area contributed by atoms with Crippen molar-refractivity contribution in [1.82, 2.24) is 4.90 Å². The predicted octanol–water partition coefficient (Wildman–Crippen LogP) is 3.83. The Labute approximate surface area is 165 Å². The molecule has 0 atom stereocenters. The Morgan fingerprint density at radius 1 is 1.17 bits per heavy atom. The largest absolute Gasteiger partial charge is 0.454 e. The summed E-state index contributed by atoms with van der Waals surface area (Å²) in [6.07, 6.45) is -4.48. The first-order valence-corrected chi connectivity index (χ1v) is 8.71. The van der Waals surface area contributed by atoms with E-state index >= 15 is 0 Å². The predicted molar refractivity (Wildman–Crippen MR) is 98.6 cm³/mol. The van der Waals surface area contributed by atoms with Gasteiger partial charge in [0.2, 0.25) is 6.79 Å². The van der Waals surface area contributed by atoms with Crippen LogP contribution in [0.15, 0.2) is 47.6 Å². The molecule has 0 spiro atoms. The molecule has 0 saturated carbocycles. The number of nitrogens with zero attached hydrogens (tertiary/aromatic N) is 2. The molecule has 0 bridgehead atoms. The highest BCUT2D eigenvalue weighted by molar-refractivity contribution is 5.99. The Bertz CT molecular complexity index is 928. The molecule has 2 aromatic carbocycles. The maximum absolute atomic E-state index is 13.1. The summed E-state index contributed by atoms with van der Waals surface area (Å²) in [7, 11) is 1.41. The van der Waals surface area contributed by atoms with Crippen molar-refractivity contribution in [3.05, 3.63) is 59.2 Å². The Morgan fingerprint density at radius 3 is 2.66 bits per heavy atom. The number of carbonyl (C=O) groups excluding carboxylic acids is 1. The number of rotatable bonds is 6. The van der Waals surface area contributed by atoms with E-state index in [2.05, 4.69) is 5.16 Å². The van der Waals surface area contributed by atoms with Gasteiger partial charge in [-0.25, -0.2) is 0 Å². The van der Waals surface area contributed by atoms with Crippen molar-refractivity contribution in [2.75, 3.05) is 20.4 Å². The highest BCUT2D eigenvalue weighted by Crippen LogP contribution is 2.33. The molecule has 1 aliphatic heterocycles. The molecule has 1 heterocycles. The number of alkyl halides is 3. The average Bonchev–Trinajstić information content (AvgIpc) is 3.15. The van der Waals surface area contributed by atoms with Crippen molar-refractivity contribution in [1.29, 1.82) is 0 Å². The summed E-state index contributed by atoms with van der Waals surface area (Å²) < 4.78 is 49.7. The molecule has 3 rings (SSSR count). The van der Waals surface area contributed by atoms with Gasteiger partial charge in [-0.2, -0.15) is 13.2 Å². The van der Waals surface area contributed by atoms with Gasteiger partial charge in [-0.3, -0.25) is 4.79 Å². The quantitative estimate of drug-likeness (QED) is 0.538. The lowest BCUT2D eigenvalue weighted by molar-refractivity contribution is -0.140. The molecule has 29 heavy (non-hydrogen) atoms. The van der Waals surface area contributed by atoms with Crippen LogP contribution in [-0.2, 0) is 22.4 Å². The van der Waals surface area contributed by atoms with Gasteiger partial charge in [0, 0.05) is 19.2 Å². The third-order valence-electron chi connectivity index (χ3n) is 4.34. The van der Waals surface area contributed by atoms with Gasteiger partial charge < -0.3 is 19.2 Å². The number of benzene rings is 2. The minimum absolute atomic E-state index is 0.0101. The molecule has 0 aromatic heterocycles. The number of halogens is 3. The van der Waals surface area contributed by atoms with Crippen LogP contribution in [0.1, 0.15) is 23.6 Å². The lowest BCUT2D eigenvalue weighted by Gasteiger charge is -2.19. The minimum Gasteiger partial charge on any atom is -0.454 e. The van der Waals surface area contributed by atoms with E-state index in [1.165, 1.54) is 25.2 Å². The van der Waals surface area contributed by atoms with Gasteiger partial charge in [0.05, 0.1) is 11.3 Å². The van der Waals surface area contributed by atoms with Crippen LogP contribution in [0.3, 0.4) is 0 Å². The van der Waals surface area contributed by atoms with Gasteiger partial charge >= 0.3 is 6.18 Å². The van der Waals surface area contributed by atoms with E-state index in [1.807, 2.05) is 0 Å². The van der Waals surface area contributed by atoms with Crippen LogP contribution < -0.4 is 9.47 Å². The molecule has 2 aromatic rings. The van der Waals surface area contributed by atoms with Crippen molar-refractivity contribution in [3.8, 4) is 11.5 Å². The summed E-state index contributed by atoms with van der Waals surface area (Å²) in [6, 6.07) is 10.4. The van der Waals surface area contributed by atoms with Gasteiger partial charge in [0.15, 0.2) is 18.1 Å². The lowest BCUT2D eigenvalue weighted by atomic mass is 10.1. The molecular weight excluding hydrogens is 389 g/mol. The third-order valence-corrected chi connectivity index (χ3v) is 4.34. The monoisotopic (exact) mass is 408 g/mol. The van der Waals surface area contributed by atoms with E-state index in [-0.39, 0.29) is 18.9 Å². The molecule has 0 unspecified atom stereocenters. The fourth-order valence-corrected chi connectivity index (χ4v) is 2.75. The number of carbonyl (C=O) groups is 1. The molecule has 0 N–H and O–H groups in total. The van der Waals surface area contributed by atoms with Crippen LogP contribution >= 0.6 is 0 Å². The van der Waals surface area contributed by atoms with Crippen LogP contribution in [0.4, 0.5) is 13.2 Å². The average molecular weight is 408 g/mol. The van der Waals surface area contributed by atoms with Crippen molar-refractivity contribution in [2.45, 2.75) is 19.6 Å². The summed E-state index contributed by atoms with van der Waals surface area (Å²) in [5.41, 5.74) is 0.489. The zero-order valence-electron chi connectivity index (χ0n) is 15.8. The van der Waals surface area contributed by atoms with Gasteiger partial charge in [-0.05, 0) is 36.8 Å². The molecule has 9 heteroatoms. The summed E-state index contributed by atoms with van der Waals surface area (Å²) in [5, 5.41) is 3.90. The van der Waals surface area contributed by atoms with E-state index in [1.54, 1.807) is 25.1 Å². The fourth-order valence-electron chi connectivity index (χ4n) is 2.75. The van der Waals surface area contributed by atoms with Crippen molar-refractivity contribution >= 4 is 11.6 Å². The van der Waals surface area contributed by atoms with Crippen LogP contribution in [-0.4, -0.2) is 37.0 Å². The summed E-state index contributed by atoms with van der Waals surface area (Å²) >= 11 is 0. The Morgan fingerprint density at radius 2 is 1.90 bits per heavy atom. The van der Waals surface area contributed by atoms with Gasteiger partial charge in [0.25, 0.3) is 5.91 Å². The second kappa shape index (κ2) is 8.42. The SMILES string of the molecule is C/C(=N\OCC(=O)N(C)Cc1ccccc1C(F)(F)F)c1ccc2c(c1)OCO2. The lowest BCUT2D eigenvalue weighted by Crippen LogP contribution is -2.30. The number of oxime groups is 1. The number of ether oxygens (including phenoxy) is 2. The van der Waals surface area contributed by atoms with Crippen LogP contribution in [0, 0.1) is 0 Å². The first kappa shape index (κ1) is 20.5. The highest BCUT2D eigenvalue weighted by Gasteiger charge is 2.33. The van der Waals surface area contributed by atoms with E-state index < -0.39 is 24.3 Å². The third kappa shape index (κ3) is 4.98. The molecule has 1 amide bonds. The summed E-state index contributed by atoms with van der Waals surface area (Å²) in [5.74, 6) is 0.735. The number of hydrogen-bond acceptors (Lipinski definition) is 5. The van der Waals surface area contributed by atoms with Crippen molar-refractivity contribution in [2.24, 2.45) is 5.16 Å². The summed E-state index contributed by atoms with van der Waals surface area (Å²) in [6.45, 7) is 1.27. The zero-order valence-corrected chi connectivity index (χ0v) is 15.8. The normalized spacial score (nSPS) is 13.3. The van der Waals surface area contributed by atoms with Crippen molar-refractivity contribution in [3.63, 3.8) is 0 Å². The Balaban J connectivity index is 1.57. The molecule has 6 nitrogen and oxygen atoms in total. The maximum Gasteiger partial charge on any atom is 0.416 e. The first-order chi connectivity index (χ1) is 13.8. The molecule has 154 valence electrons.